The van der Waals surface area contributed by atoms with Gasteiger partial charge in [0.25, 0.3) is 0 Å². The number of benzene rings is 1. The average molecular weight is 275 g/mol. The monoisotopic (exact) mass is 273 g/mol. The number of hydrogen-bond donors (Lipinski definition) is 1. The van der Waals surface area contributed by atoms with Crippen LogP contribution in [-0.2, 0) is 5.54 Å². The highest BCUT2D eigenvalue weighted by atomic mass is 79.9. The van der Waals surface area contributed by atoms with Crippen molar-refractivity contribution >= 4 is 27.5 Å². The van der Waals surface area contributed by atoms with E-state index in [0.717, 1.165) is 21.5 Å². The maximum atomic E-state index is 6.29. The molecule has 3 heteroatoms. The van der Waals surface area contributed by atoms with E-state index >= 15 is 0 Å². The van der Waals surface area contributed by atoms with E-state index in [1.165, 1.54) is 0 Å². The van der Waals surface area contributed by atoms with Crippen molar-refractivity contribution in [2.24, 2.45) is 11.1 Å². The van der Waals surface area contributed by atoms with Gasteiger partial charge in [-0.15, -0.1) is 0 Å². The fraction of sp³-hybridized carbons (Fsp3) is 0.455. The first-order chi connectivity index (χ1) is 6.37. The number of hydrogen-bond acceptors (Lipinski definition) is 1. The molecule has 1 saturated carbocycles. The zero-order valence-corrected chi connectivity index (χ0v) is 10.6. The highest BCUT2D eigenvalue weighted by Gasteiger charge is 2.59. The summed E-state index contributed by atoms with van der Waals surface area (Å²) in [7, 11) is 0. The molecule has 1 aliphatic rings. The Bertz CT molecular complexity index is 389. The first kappa shape index (κ1) is 10.5. The molecule has 1 aliphatic carbocycles. The zero-order chi connectivity index (χ0) is 10.6. The molecule has 0 spiro atoms. The molecule has 2 N–H and O–H groups in total. The molecule has 0 heterocycles. The summed E-state index contributed by atoms with van der Waals surface area (Å²) in [6.45, 7) is 4.37. The Balaban J connectivity index is 2.40. The van der Waals surface area contributed by atoms with E-state index in [9.17, 15) is 0 Å². The van der Waals surface area contributed by atoms with Crippen molar-refractivity contribution < 1.29 is 0 Å². The number of nitrogens with two attached hydrogens (primary N) is 1. The third-order valence-electron chi connectivity index (χ3n) is 3.24. The van der Waals surface area contributed by atoms with Gasteiger partial charge in [0, 0.05) is 10.0 Å². The van der Waals surface area contributed by atoms with Crippen molar-refractivity contribution in [2.75, 3.05) is 0 Å². The Hall–Kier alpha value is -0.0500. The third-order valence-corrected chi connectivity index (χ3v) is 4.47. The summed E-state index contributed by atoms with van der Waals surface area (Å²) in [6.07, 6.45) is 1.03. The Labute approximate surface area is 97.8 Å². The van der Waals surface area contributed by atoms with Gasteiger partial charge in [-0.25, -0.2) is 0 Å². The zero-order valence-electron chi connectivity index (χ0n) is 8.27. The second-order valence-corrected chi connectivity index (χ2v) is 5.92. The molecule has 1 nitrogen and oxygen atoms in total. The fourth-order valence-corrected chi connectivity index (χ4v) is 2.35. The molecule has 0 saturated heterocycles. The predicted octanol–water partition coefficient (Wildman–Crippen LogP) is 3.69. The van der Waals surface area contributed by atoms with Crippen LogP contribution in [0.25, 0.3) is 0 Å². The summed E-state index contributed by atoms with van der Waals surface area (Å²) in [4.78, 5) is 0. The lowest BCUT2D eigenvalue weighted by molar-refractivity contribution is 0.510. The van der Waals surface area contributed by atoms with E-state index in [-0.39, 0.29) is 11.0 Å². The third kappa shape index (κ3) is 1.40. The summed E-state index contributed by atoms with van der Waals surface area (Å²) in [6, 6.07) is 5.96. The van der Waals surface area contributed by atoms with Gasteiger partial charge in [0.2, 0.25) is 0 Å². The molecular weight excluding hydrogens is 261 g/mol. The van der Waals surface area contributed by atoms with Crippen molar-refractivity contribution in [3.05, 3.63) is 33.3 Å². The highest BCUT2D eigenvalue weighted by Crippen LogP contribution is 2.60. The largest absolute Gasteiger partial charge is 0.321 e. The van der Waals surface area contributed by atoms with Crippen LogP contribution in [0.5, 0.6) is 0 Å². The van der Waals surface area contributed by atoms with Crippen LogP contribution in [0, 0.1) is 5.41 Å². The molecule has 0 bridgehead atoms. The van der Waals surface area contributed by atoms with Gasteiger partial charge in [-0.2, -0.15) is 0 Å². The first-order valence-electron chi connectivity index (χ1n) is 4.61. The van der Waals surface area contributed by atoms with Crippen molar-refractivity contribution in [3.8, 4) is 0 Å². The van der Waals surface area contributed by atoms with Gasteiger partial charge < -0.3 is 5.73 Å². The van der Waals surface area contributed by atoms with Crippen LogP contribution in [0.15, 0.2) is 22.7 Å². The standard InChI is InChI=1S/C11H13BrClN/c1-10(2)6-11(10,14)7-3-4-8(12)9(13)5-7/h3-5H,6,14H2,1-2H3. The second kappa shape index (κ2) is 2.97. The van der Waals surface area contributed by atoms with Crippen molar-refractivity contribution in [2.45, 2.75) is 25.8 Å². The molecule has 1 atom stereocenters. The van der Waals surface area contributed by atoms with E-state index in [4.69, 9.17) is 17.3 Å². The van der Waals surface area contributed by atoms with E-state index < -0.39 is 0 Å². The maximum absolute atomic E-state index is 6.29. The molecule has 14 heavy (non-hydrogen) atoms. The van der Waals surface area contributed by atoms with Crippen molar-refractivity contribution in [1.82, 2.24) is 0 Å². The quantitative estimate of drug-likeness (QED) is 0.830. The molecule has 2 rings (SSSR count). The molecule has 1 aromatic rings. The normalized spacial score (nSPS) is 28.9. The summed E-state index contributed by atoms with van der Waals surface area (Å²) < 4.78 is 0.921. The summed E-state index contributed by atoms with van der Waals surface area (Å²) >= 11 is 9.41. The molecular formula is C11H13BrClN. The van der Waals surface area contributed by atoms with Gasteiger partial charge in [-0.05, 0) is 45.5 Å². The summed E-state index contributed by atoms with van der Waals surface area (Å²) in [5.41, 5.74) is 7.44. The predicted molar refractivity (Wildman–Crippen MR) is 63.4 cm³/mol. The van der Waals surface area contributed by atoms with Gasteiger partial charge in [-0.1, -0.05) is 31.5 Å². The van der Waals surface area contributed by atoms with Crippen LogP contribution in [0.2, 0.25) is 5.02 Å². The Morgan fingerprint density at radius 3 is 2.43 bits per heavy atom. The molecule has 0 amide bonds. The smallest absolute Gasteiger partial charge is 0.0551 e. The van der Waals surface area contributed by atoms with Crippen molar-refractivity contribution in [3.63, 3.8) is 0 Å². The SMILES string of the molecule is CC1(C)CC1(N)c1ccc(Br)c(Cl)c1. The van der Waals surface area contributed by atoms with E-state index in [1.807, 2.05) is 18.2 Å². The van der Waals surface area contributed by atoms with Crippen LogP contribution < -0.4 is 5.73 Å². The average Bonchev–Trinajstić information content (AvgIpc) is 2.58. The lowest BCUT2D eigenvalue weighted by atomic mass is 9.97. The lowest BCUT2D eigenvalue weighted by Gasteiger charge is -2.16. The first-order valence-corrected chi connectivity index (χ1v) is 5.78. The van der Waals surface area contributed by atoms with Crippen LogP contribution >= 0.6 is 27.5 Å². The number of rotatable bonds is 1. The van der Waals surface area contributed by atoms with Crippen molar-refractivity contribution in [1.29, 1.82) is 0 Å². The summed E-state index contributed by atoms with van der Waals surface area (Å²) in [5.74, 6) is 0. The highest BCUT2D eigenvalue weighted by molar-refractivity contribution is 9.10. The van der Waals surface area contributed by atoms with Crippen LogP contribution in [0.3, 0.4) is 0 Å². The van der Waals surface area contributed by atoms with Gasteiger partial charge in [-0.3, -0.25) is 0 Å². The molecule has 1 fully saturated rings. The Morgan fingerprint density at radius 2 is 2.00 bits per heavy atom. The minimum absolute atomic E-state index is 0.183. The summed E-state index contributed by atoms with van der Waals surface area (Å²) in [5, 5.41) is 0.732. The fourth-order valence-electron chi connectivity index (χ4n) is 1.92. The van der Waals surface area contributed by atoms with Gasteiger partial charge in [0.05, 0.1) is 5.02 Å². The Morgan fingerprint density at radius 1 is 1.43 bits per heavy atom. The van der Waals surface area contributed by atoms with Crippen LogP contribution in [0.4, 0.5) is 0 Å². The maximum Gasteiger partial charge on any atom is 0.0551 e. The molecule has 0 aromatic heterocycles. The van der Waals surface area contributed by atoms with Gasteiger partial charge in [0.1, 0.15) is 0 Å². The number of halogens is 2. The van der Waals surface area contributed by atoms with E-state index in [2.05, 4.69) is 29.8 Å². The molecule has 1 aromatic carbocycles. The Kier molecular flexibility index (Phi) is 2.22. The minimum Gasteiger partial charge on any atom is -0.321 e. The van der Waals surface area contributed by atoms with E-state index in [0.29, 0.717) is 0 Å². The van der Waals surface area contributed by atoms with Crippen LogP contribution in [0.1, 0.15) is 25.8 Å². The molecule has 76 valence electrons. The lowest BCUT2D eigenvalue weighted by Crippen LogP contribution is -2.25. The minimum atomic E-state index is -0.183. The van der Waals surface area contributed by atoms with Gasteiger partial charge >= 0.3 is 0 Å². The topological polar surface area (TPSA) is 26.0 Å². The second-order valence-electron chi connectivity index (χ2n) is 4.66. The van der Waals surface area contributed by atoms with E-state index in [1.54, 1.807) is 0 Å². The van der Waals surface area contributed by atoms with Crippen LogP contribution in [-0.4, -0.2) is 0 Å². The van der Waals surface area contributed by atoms with Gasteiger partial charge in [0.15, 0.2) is 0 Å². The molecule has 1 unspecified atom stereocenters. The molecule has 0 radical (unpaired) electrons. The molecule has 0 aliphatic heterocycles.